The molecule has 0 bridgehead atoms. The number of aromatic amines is 2. The molecule has 7 rings (SSSR count). The van der Waals surface area contributed by atoms with Crippen LogP contribution in [0.2, 0.25) is 0 Å². The van der Waals surface area contributed by atoms with E-state index in [2.05, 4.69) is 35.1 Å². The predicted octanol–water partition coefficient (Wildman–Crippen LogP) is 6.16. The number of nitrogens with zero attached hydrogens (tertiary/aromatic N) is 4. The lowest BCUT2D eigenvalue weighted by atomic mass is 10.0. The van der Waals surface area contributed by atoms with Crippen LogP contribution in [0, 0.1) is 13.8 Å². The Hall–Kier alpha value is -5.74. The van der Waals surface area contributed by atoms with E-state index in [1.165, 1.54) is 24.6 Å². The third-order valence-electron chi connectivity index (χ3n) is 8.60. The van der Waals surface area contributed by atoms with Crippen molar-refractivity contribution in [2.45, 2.75) is 55.2 Å². The molecule has 0 spiro atoms. The summed E-state index contributed by atoms with van der Waals surface area (Å²) in [5.41, 5.74) is 6.02. The van der Waals surface area contributed by atoms with Crippen LogP contribution in [0.15, 0.2) is 64.5 Å². The number of sulfone groups is 2. The van der Waals surface area contributed by atoms with Gasteiger partial charge < -0.3 is 19.7 Å². The molecule has 0 radical (unpaired) electrons. The maximum absolute atomic E-state index is 12.6. The monoisotopic (exact) mass is 854 g/mol. The number of hydrogen-bond acceptors (Lipinski definition) is 12. The lowest BCUT2D eigenvalue weighted by molar-refractivity contribution is -0.192. The Balaban J connectivity index is 0.000000190. The molecule has 4 heterocycles. The Morgan fingerprint density at radius 3 is 2.00 bits per heavy atom. The SMILES string of the molecule is COc1cc2[nH]nc(C3CC3)c2c(-c2ccc(S(C)(=O)=O)c(C)c2)n1.Cc1cc(-c2nccc3[nH]nc(OC(F)F)c23)ccc1S(=O)(=O)CCO.O=C(O)C(F)(F)F. The number of carbonyl (C=O) groups is 1. The van der Waals surface area contributed by atoms with Gasteiger partial charge in [-0.15, -0.1) is 5.10 Å². The van der Waals surface area contributed by atoms with Crippen molar-refractivity contribution in [3.05, 3.63) is 71.5 Å². The average Bonchev–Trinajstić information content (AvgIpc) is 3.77. The Kier molecular flexibility index (Phi) is 12.7. The number of rotatable bonds is 10. The smallest absolute Gasteiger partial charge is 0.481 e. The number of benzene rings is 2. The molecule has 4 N–H and O–H groups in total. The normalized spacial score (nSPS) is 13.2. The fourth-order valence-electron chi connectivity index (χ4n) is 5.93. The van der Waals surface area contributed by atoms with Gasteiger partial charge in [0, 0.05) is 41.0 Å². The molecule has 6 aromatic rings. The summed E-state index contributed by atoms with van der Waals surface area (Å²) in [6, 6.07) is 13.2. The van der Waals surface area contributed by atoms with Gasteiger partial charge in [0.2, 0.25) is 11.8 Å². The first-order chi connectivity index (χ1) is 27.2. The summed E-state index contributed by atoms with van der Waals surface area (Å²) in [5, 5.41) is 31.2. The zero-order chi connectivity index (χ0) is 42.7. The van der Waals surface area contributed by atoms with E-state index < -0.39 is 45.0 Å². The van der Waals surface area contributed by atoms with Crippen LogP contribution >= 0.6 is 0 Å². The summed E-state index contributed by atoms with van der Waals surface area (Å²) in [4.78, 5) is 18.2. The Labute approximate surface area is 327 Å². The highest BCUT2D eigenvalue weighted by atomic mass is 32.2. The Morgan fingerprint density at radius 2 is 1.48 bits per heavy atom. The maximum atomic E-state index is 12.6. The molecule has 2 aromatic carbocycles. The summed E-state index contributed by atoms with van der Waals surface area (Å²) in [7, 11) is -5.28. The largest absolute Gasteiger partial charge is 0.490 e. The van der Waals surface area contributed by atoms with E-state index in [4.69, 9.17) is 19.7 Å². The number of aliphatic carboxylic acids is 1. The van der Waals surface area contributed by atoms with Gasteiger partial charge >= 0.3 is 18.8 Å². The van der Waals surface area contributed by atoms with Crippen molar-refractivity contribution in [3.8, 4) is 34.3 Å². The van der Waals surface area contributed by atoms with E-state index in [0.29, 0.717) is 44.6 Å². The van der Waals surface area contributed by atoms with Gasteiger partial charge in [-0.25, -0.2) is 26.6 Å². The van der Waals surface area contributed by atoms with Crippen molar-refractivity contribution >= 4 is 47.4 Å². The molecule has 1 aliphatic rings. The van der Waals surface area contributed by atoms with E-state index in [9.17, 15) is 38.8 Å². The second-order valence-corrected chi connectivity index (χ2v) is 16.9. The summed E-state index contributed by atoms with van der Waals surface area (Å²) < 4.78 is 115. The number of alkyl halides is 5. The van der Waals surface area contributed by atoms with Crippen LogP contribution in [0.3, 0.4) is 0 Å². The molecule has 15 nitrogen and oxygen atoms in total. The quantitative estimate of drug-likeness (QED) is 0.113. The third-order valence-corrected chi connectivity index (χ3v) is 11.7. The van der Waals surface area contributed by atoms with Gasteiger partial charge in [-0.05, 0) is 68.1 Å². The predicted molar refractivity (Wildman–Crippen MR) is 199 cm³/mol. The fourth-order valence-corrected chi connectivity index (χ4v) is 8.17. The molecule has 0 aliphatic heterocycles. The Bertz CT molecular complexity index is 2700. The minimum Gasteiger partial charge on any atom is -0.481 e. The van der Waals surface area contributed by atoms with E-state index in [1.54, 1.807) is 45.2 Å². The molecule has 4 aromatic heterocycles. The molecule has 1 saturated carbocycles. The highest BCUT2D eigenvalue weighted by molar-refractivity contribution is 7.91. The summed E-state index contributed by atoms with van der Waals surface area (Å²) in [6.45, 7) is -0.107. The topological polar surface area (TPSA) is 227 Å². The highest BCUT2D eigenvalue weighted by Gasteiger charge is 2.38. The average molecular weight is 855 g/mol. The van der Waals surface area contributed by atoms with Gasteiger partial charge in [0.15, 0.2) is 19.7 Å². The number of carboxylic acid groups (broad SMARTS) is 1. The van der Waals surface area contributed by atoms with Crippen LogP contribution in [-0.2, 0) is 24.5 Å². The number of H-pyrrole nitrogens is 2. The minimum absolute atomic E-state index is 0.0960. The zero-order valence-corrected chi connectivity index (χ0v) is 32.6. The number of ether oxygens (including phenoxy) is 2. The molecule has 0 unspecified atom stereocenters. The summed E-state index contributed by atoms with van der Waals surface area (Å²) in [5.74, 6) is -2.45. The lowest BCUT2D eigenvalue weighted by Crippen LogP contribution is -2.21. The minimum atomic E-state index is -5.08. The zero-order valence-electron chi connectivity index (χ0n) is 30.9. The van der Waals surface area contributed by atoms with Crippen molar-refractivity contribution < 1.29 is 63.3 Å². The number of aliphatic hydroxyl groups excluding tert-OH is 1. The van der Waals surface area contributed by atoms with Gasteiger partial charge in [0.25, 0.3) is 0 Å². The second kappa shape index (κ2) is 17.0. The van der Waals surface area contributed by atoms with Gasteiger partial charge in [-0.2, -0.15) is 27.1 Å². The van der Waals surface area contributed by atoms with E-state index in [1.807, 2.05) is 12.1 Å². The fraction of sp³-hybridized carbons (Fsp3) is 0.306. The van der Waals surface area contributed by atoms with Crippen LogP contribution in [0.4, 0.5) is 22.0 Å². The number of fused-ring (bicyclic) bond motifs is 2. The molecule has 58 heavy (non-hydrogen) atoms. The van der Waals surface area contributed by atoms with Crippen LogP contribution in [0.1, 0.15) is 35.6 Å². The highest BCUT2D eigenvalue weighted by Crippen LogP contribution is 2.45. The van der Waals surface area contributed by atoms with E-state index >= 15 is 0 Å². The lowest BCUT2D eigenvalue weighted by Gasteiger charge is -2.10. The molecular formula is C36H35F5N6O9S2. The molecule has 310 valence electrons. The molecule has 0 atom stereocenters. The standard InChI is InChI=1S/C18H19N3O3S.C16H15F2N3O4S.C2HF3O2/c1-10-8-12(6-7-14(10)25(3,22)23)17-16-13(9-15(19-17)24-2)20-21-18(16)11-4-5-11;1-9-8-10(2-3-12(9)26(23,24)7-6-22)14-13-11(4-5-19-14)20-21-15(13)25-16(17)18;3-2(4,5)1(6)7/h6-9,11H,4-5H2,1-3H3,(H,20,21);2-5,8,16,22H,6-7H2,1H3,(H,20,21);(H,6,7). The number of halogens is 5. The first kappa shape index (κ1) is 43.4. The van der Waals surface area contributed by atoms with Crippen LogP contribution in [0.25, 0.3) is 44.3 Å². The Morgan fingerprint density at radius 1 is 0.897 bits per heavy atom. The molecule has 22 heteroatoms. The molecular weight excluding hydrogens is 820 g/mol. The van der Waals surface area contributed by atoms with Gasteiger partial charge in [0.05, 0.1) is 62.8 Å². The number of aryl methyl sites for hydroxylation is 2. The summed E-state index contributed by atoms with van der Waals surface area (Å²) >= 11 is 0. The number of aliphatic hydroxyl groups is 1. The number of methoxy groups -OCH3 is 1. The maximum Gasteiger partial charge on any atom is 0.490 e. The van der Waals surface area contributed by atoms with E-state index in [0.717, 1.165) is 40.7 Å². The van der Waals surface area contributed by atoms with Crippen molar-refractivity contribution in [1.29, 1.82) is 0 Å². The number of pyridine rings is 2. The van der Waals surface area contributed by atoms with E-state index in [-0.39, 0.29) is 21.9 Å². The third kappa shape index (κ3) is 9.85. The van der Waals surface area contributed by atoms with Crippen molar-refractivity contribution in [1.82, 2.24) is 30.4 Å². The molecule has 0 amide bonds. The van der Waals surface area contributed by atoms with Gasteiger partial charge in [-0.3, -0.25) is 15.2 Å². The van der Waals surface area contributed by atoms with Gasteiger partial charge in [0.1, 0.15) is 0 Å². The van der Waals surface area contributed by atoms with Gasteiger partial charge in [-0.1, -0.05) is 12.1 Å². The molecule has 1 fully saturated rings. The first-order valence-electron chi connectivity index (χ1n) is 16.9. The van der Waals surface area contributed by atoms with Crippen molar-refractivity contribution in [2.24, 2.45) is 0 Å². The number of aromatic nitrogens is 6. The van der Waals surface area contributed by atoms with Crippen LogP contribution in [0.5, 0.6) is 11.8 Å². The first-order valence-corrected chi connectivity index (χ1v) is 20.5. The van der Waals surface area contributed by atoms with Crippen LogP contribution in [-0.4, -0.2) is 102 Å². The number of hydrogen-bond donors (Lipinski definition) is 4. The molecule has 0 saturated heterocycles. The van der Waals surface area contributed by atoms with Crippen LogP contribution < -0.4 is 9.47 Å². The van der Waals surface area contributed by atoms with Crippen molar-refractivity contribution in [2.75, 3.05) is 25.7 Å². The second-order valence-electron chi connectivity index (χ2n) is 12.9. The number of carboxylic acids is 1. The van der Waals surface area contributed by atoms with Crippen molar-refractivity contribution in [3.63, 3.8) is 0 Å². The number of nitrogens with one attached hydrogen (secondary N) is 2. The molecule has 1 aliphatic carbocycles. The summed E-state index contributed by atoms with van der Waals surface area (Å²) in [6.07, 6.45) is -0.110.